The average Bonchev–Trinajstić information content (AvgIpc) is 2.51. The molecule has 0 unspecified atom stereocenters. The first-order chi connectivity index (χ1) is 10.2. The van der Waals surface area contributed by atoms with Crippen LogP contribution < -0.4 is 0 Å². The van der Waals surface area contributed by atoms with E-state index in [0.29, 0.717) is 23.4 Å². The molecule has 1 aromatic rings. The van der Waals surface area contributed by atoms with Gasteiger partial charge < -0.3 is 4.90 Å². The fourth-order valence-corrected chi connectivity index (χ4v) is 2.26. The first-order valence-corrected chi connectivity index (χ1v) is 7.86. The minimum atomic E-state index is -0.524. The molecule has 0 fully saturated rings. The summed E-state index contributed by atoms with van der Waals surface area (Å²) in [6.07, 6.45) is 3.00. The molecule has 0 heterocycles. The highest BCUT2D eigenvalue weighted by Gasteiger charge is 2.34. The lowest BCUT2D eigenvalue weighted by atomic mass is 9.76. The van der Waals surface area contributed by atoms with Crippen LogP contribution in [0.4, 0.5) is 0 Å². The summed E-state index contributed by atoms with van der Waals surface area (Å²) in [4.78, 5) is 27.4. The third-order valence-corrected chi connectivity index (χ3v) is 4.34. The van der Waals surface area contributed by atoms with Crippen molar-refractivity contribution in [2.24, 2.45) is 5.41 Å². The predicted octanol–water partition coefficient (Wildman–Crippen LogP) is 4.36. The number of benzene rings is 1. The van der Waals surface area contributed by atoms with Crippen LogP contribution in [0.5, 0.6) is 0 Å². The summed E-state index contributed by atoms with van der Waals surface area (Å²) in [6, 6.07) is 6.62. The third-order valence-electron chi connectivity index (χ3n) is 4.09. The summed E-state index contributed by atoms with van der Waals surface area (Å²) >= 11 is 5.86. The first kappa shape index (κ1) is 18.4. The van der Waals surface area contributed by atoms with Gasteiger partial charge in [0.15, 0.2) is 11.6 Å². The molecule has 1 rings (SSSR count). The van der Waals surface area contributed by atoms with Crippen molar-refractivity contribution in [2.45, 2.75) is 33.6 Å². The number of halogens is 1. The number of hydrogen-bond acceptors (Lipinski definition) is 3. The molecule has 0 spiro atoms. The Hall–Kier alpha value is -1.61. The highest BCUT2D eigenvalue weighted by molar-refractivity contribution is 6.31. The van der Waals surface area contributed by atoms with E-state index < -0.39 is 5.41 Å². The van der Waals surface area contributed by atoms with Gasteiger partial charge in [-0.3, -0.25) is 9.59 Å². The minimum Gasteiger partial charge on any atom is -0.383 e. The molecule has 22 heavy (non-hydrogen) atoms. The smallest absolute Gasteiger partial charge is 0.198 e. The molecule has 0 aliphatic heterocycles. The van der Waals surface area contributed by atoms with Crippen molar-refractivity contribution >= 4 is 23.2 Å². The van der Waals surface area contributed by atoms with Crippen molar-refractivity contribution in [1.82, 2.24) is 4.90 Å². The number of ketones is 2. The van der Waals surface area contributed by atoms with Gasteiger partial charge in [-0.25, -0.2) is 0 Å². The second-order valence-electron chi connectivity index (χ2n) is 5.94. The van der Waals surface area contributed by atoms with Gasteiger partial charge in [-0.05, 0) is 37.1 Å². The van der Waals surface area contributed by atoms with Gasteiger partial charge >= 0.3 is 0 Å². The fourth-order valence-electron chi connectivity index (χ4n) is 2.13. The number of rotatable bonds is 7. The summed E-state index contributed by atoms with van der Waals surface area (Å²) in [7, 11) is 3.61. The first-order valence-electron chi connectivity index (χ1n) is 7.48. The van der Waals surface area contributed by atoms with Crippen LogP contribution in [-0.2, 0) is 4.79 Å². The highest BCUT2D eigenvalue weighted by atomic mass is 35.5. The zero-order chi connectivity index (χ0) is 16.9. The van der Waals surface area contributed by atoms with Gasteiger partial charge in [0.2, 0.25) is 0 Å². The lowest BCUT2D eigenvalue weighted by molar-refractivity contribution is -0.124. The van der Waals surface area contributed by atoms with Gasteiger partial charge in [-0.1, -0.05) is 32.4 Å². The Balaban J connectivity index is 3.27. The van der Waals surface area contributed by atoms with Crippen molar-refractivity contribution in [1.29, 1.82) is 0 Å². The van der Waals surface area contributed by atoms with E-state index >= 15 is 0 Å². The molecule has 0 aliphatic rings. The van der Waals surface area contributed by atoms with Crippen LogP contribution in [0, 0.1) is 5.41 Å². The molecule has 0 N–H and O–H groups in total. The number of allylic oxidation sites excluding steroid dienone is 1. The van der Waals surface area contributed by atoms with Crippen LogP contribution in [-0.4, -0.2) is 30.6 Å². The summed E-state index contributed by atoms with van der Waals surface area (Å²) < 4.78 is 0. The summed E-state index contributed by atoms with van der Waals surface area (Å²) in [5, 5.41) is 0.563. The number of nitrogens with zero attached hydrogens (tertiary/aromatic N) is 1. The van der Waals surface area contributed by atoms with Crippen LogP contribution in [0.15, 0.2) is 36.0 Å². The largest absolute Gasteiger partial charge is 0.383 e. The van der Waals surface area contributed by atoms with E-state index in [1.807, 2.05) is 20.8 Å². The normalized spacial score (nSPS) is 12.2. The van der Waals surface area contributed by atoms with E-state index in [1.165, 1.54) is 0 Å². The Morgan fingerprint density at radius 3 is 2.05 bits per heavy atom. The molecule has 0 saturated heterocycles. The van der Waals surface area contributed by atoms with Crippen molar-refractivity contribution in [3.05, 3.63) is 46.6 Å². The van der Waals surface area contributed by atoms with E-state index in [9.17, 15) is 9.59 Å². The Morgan fingerprint density at radius 1 is 1.14 bits per heavy atom. The summed E-state index contributed by atoms with van der Waals surface area (Å²) in [5.41, 5.74) is 0.170. The van der Waals surface area contributed by atoms with Gasteiger partial charge in [0.1, 0.15) is 0 Å². The van der Waals surface area contributed by atoms with Crippen LogP contribution in [0.25, 0.3) is 0 Å². The number of carbonyl (C=O) groups excluding carboxylic acids is 2. The van der Waals surface area contributed by atoms with E-state index in [1.54, 1.807) is 49.5 Å². The van der Waals surface area contributed by atoms with Gasteiger partial charge in [0, 0.05) is 36.3 Å². The monoisotopic (exact) mass is 321 g/mol. The van der Waals surface area contributed by atoms with Gasteiger partial charge in [-0.15, -0.1) is 0 Å². The second kappa shape index (κ2) is 7.59. The molecule has 0 amide bonds. The predicted molar refractivity (Wildman–Crippen MR) is 91.2 cm³/mol. The van der Waals surface area contributed by atoms with Gasteiger partial charge in [0.25, 0.3) is 0 Å². The molecule has 3 nitrogen and oxygen atoms in total. The molecule has 4 heteroatoms. The molecular formula is C18H24ClNO2. The van der Waals surface area contributed by atoms with Crippen LogP contribution in [0.3, 0.4) is 0 Å². The lowest BCUT2D eigenvalue weighted by Gasteiger charge is -2.26. The zero-order valence-electron chi connectivity index (χ0n) is 13.9. The van der Waals surface area contributed by atoms with Crippen molar-refractivity contribution in [2.75, 3.05) is 14.1 Å². The average molecular weight is 322 g/mol. The Bertz CT molecular complexity index is 569. The van der Waals surface area contributed by atoms with E-state index in [-0.39, 0.29) is 17.1 Å². The molecular weight excluding hydrogens is 298 g/mol. The molecule has 0 aliphatic carbocycles. The molecule has 120 valence electrons. The van der Waals surface area contributed by atoms with Gasteiger partial charge in [0.05, 0.1) is 5.57 Å². The third kappa shape index (κ3) is 4.20. The maximum atomic E-state index is 12.9. The Kier molecular flexibility index (Phi) is 6.36. The summed E-state index contributed by atoms with van der Waals surface area (Å²) in [5.74, 6) is -0.366. The summed E-state index contributed by atoms with van der Waals surface area (Å²) in [6.45, 7) is 5.86. The SMILES string of the molecule is CCC(C)(CC)C(=O)/C(=C\N(C)C)C(=O)c1ccc(Cl)cc1. The molecule has 0 radical (unpaired) electrons. The maximum Gasteiger partial charge on any atom is 0.198 e. The van der Waals surface area contributed by atoms with Gasteiger partial charge in [-0.2, -0.15) is 0 Å². The lowest BCUT2D eigenvalue weighted by Crippen LogP contribution is -2.31. The van der Waals surface area contributed by atoms with Crippen molar-refractivity contribution in [3.63, 3.8) is 0 Å². The van der Waals surface area contributed by atoms with Crippen molar-refractivity contribution in [3.8, 4) is 0 Å². The standard InChI is InChI=1S/C18H24ClNO2/c1-6-18(3,7-2)17(22)15(12-20(4)5)16(21)13-8-10-14(19)11-9-13/h8-12H,6-7H2,1-5H3/b15-12-. The molecule has 0 aromatic heterocycles. The number of hydrogen-bond donors (Lipinski definition) is 0. The molecule has 1 aromatic carbocycles. The Morgan fingerprint density at radius 2 is 1.64 bits per heavy atom. The van der Waals surface area contributed by atoms with Crippen LogP contribution in [0.1, 0.15) is 44.0 Å². The molecule has 0 bridgehead atoms. The van der Waals surface area contributed by atoms with Crippen LogP contribution in [0.2, 0.25) is 5.02 Å². The maximum absolute atomic E-state index is 12.9. The van der Waals surface area contributed by atoms with E-state index in [2.05, 4.69) is 0 Å². The second-order valence-corrected chi connectivity index (χ2v) is 6.38. The van der Waals surface area contributed by atoms with E-state index in [0.717, 1.165) is 0 Å². The molecule has 0 saturated carbocycles. The molecule has 0 atom stereocenters. The topological polar surface area (TPSA) is 37.4 Å². The van der Waals surface area contributed by atoms with Crippen LogP contribution >= 0.6 is 11.6 Å². The number of Topliss-reactive ketones (excluding diaryl/α,β-unsaturated/α-hetero) is 2. The zero-order valence-corrected chi connectivity index (χ0v) is 14.7. The quantitative estimate of drug-likeness (QED) is 0.324. The fraction of sp³-hybridized carbons (Fsp3) is 0.444. The highest BCUT2D eigenvalue weighted by Crippen LogP contribution is 2.31. The van der Waals surface area contributed by atoms with E-state index in [4.69, 9.17) is 11.6 Å². The minimum absolute atomic E-state index is 0.105. The van der Waals surface area contributed by atoms with Crippen molar-refractivity contribution < 1.29 is 9.59 Å². The Labute approximate surface area is 138 Å². The number of carbonyl (C=O) groups is 2.